The Labute approximate surface area is 213 Å². The van der Waals surface area contributed by atoms with E-state index < -0.39 is 12.1 Å². The predicted molar refractivity (Wildman–Crippen MR) is 129 cm³/mol. The van der Waals surface area contributed by atoms with Crippen molar-refractivity contribution in [2.45, 2.75) is 46.0 Å². The normalized spacial score (nSPS) is 11.5. The summed E-state index contributed by atoms with van der Waals surface area (Å²) in [6.45, 7) is 6.59. The van der Waals surface area contributed by atoms with Gasteiger partial charge in [-0.3, -0.25) is 14.4 Å². The quantitative estimate of drug-likeness (QED) is 0.112. The summed E-state index contributed by atoms with van der Waals surface area (Å²) >= 11 is 0. The monoisotopic (exact) mass is 521 g/mol. The van der Waals surface area contributed by atoms with E-state index in [4.69, 9.17) is 33.2 Å². The molecule has 1 N–H and O–H groups in total. The van der Waals surface area contributed by atoms with Gasteiger partial charge in [0.2, 0.25) is 0 Å². The summed E-state index contributed by atoms with van der Waals surface area (Å²) in [4.78, 5) is 46.4. The summed E-state index contributed by atoms with van der Waals surface area (Å²) in [7, 11) is 1.58. The number of methoxy groups -OCH3 is 1. The van der Waals surface area contributed by atoms with E-state index in [1.165, 1.54) is 0 Å². The van der Waals surface area contributed by atoms with Gasteiger partial charge in [-0.2, -0.15) is 0 Å². The number of amides is 1. The number of esters is 2. The number of carbonyl (C=O) groups is 4. The van der Waals surface area contributed by atoms with Crippen LogP contribution in [0.3, 0.4) is 0 Å². The molecule has 36 heavy (non-hydrogen) atoms. The fourth-order valence-electron chi connectivity index (χ4n) is 2.58. The van der Waals surface area contributed by atoms with E-state index in [0.29, 0.717) is 65.6 Å². The highest BCUT2D eigenvalue weighted by Crippen LogP contribution is 2.09. The van der Waals surface area contributed by atoms with Crippen LogP contribution in [0.4, 0.5) is 4.79 Å². The Bertz CT molecular complexity index is 601. The molecule has 12 heteroatoms. The maximum atomic E-state index is 11.9. The van der Waals surface area contributed by atoms with Crippen LogP contribution in [0.5, 0.6) is 0 Å². The van der Waals surface area contributed by atoms with Crippen LogP contribution in [0.1, 0.15) is 46.0 Å². The molecule has 0 aliphatic heterocycles. The van der Waals surface area contributed by atoms with E-state index in [9.17, 15) is 19.2 Å². The molecular weight excluding hydrogens is 478 g/mol. The van der Waals surface area contributed by atoms with E-state index >= 15 is 0 Å². The molecule has 0 heterocycles. The SMILES string of the molecule is CCC(=O)C[C@H](COC(=O)CC)COC(=O)CCCOCCOCCNC(=O)OCCOCCOC. The first-order valence-electron chi connectivity index (χ1n) is 12.4. The summed E-state index contributed by atoms with van der Waals surface area (Å²) in [5, 5.41) is 2.56. The van der Waals surface area contributed by atoms with Gasteiger partial charge in [-0.1, -0.05) is 13.8 Å². The van der Waals surface area contributed by atoms with Gasteiger partial charge >= 0.3 is 18.0 Å². The molecular formula is C24H43NO11. The molecule has 0 saturated heterocycles. The molecule has 0 saturated carbocycles. The van der Waals surface area contributed by atoms with Crippen molar-refractivity contribution in [1.29, 1.82) is 0 Å². The van der Waals surface area contributed by atoms with Gasteiger partial charge in [0, 0.05) is 51.9 Å². The van der Waals surface area contributed by atoms with E-state index in [1.807, 2.05) is 0 Å². The van der Waals surface area contributed by atoms with Gasteiger partial charge in [-0.05, 0) is 6.42 Å². The highest BCUT2D eigenvalue weighted by molar-refractivity contribution is 5.78. The van der Waals surface area contributed by atoms with Crippen LogP contribution in [0.15, 0.2) is 0 Å². The van der Waals surface area contributed by atoms with Crippen LogP contribution in [-0.2, 0) is 47.5 Å². The molecule has 12 nitrogen and oxygen atoms in total. The van der Waals surface area contributed by atoms with Crippen LogP contribution in [0, 0.1) is 5.92 Å². The van der Waals surface area contributed by atoms with Crippen LogP contribution < -0.4 is 5.32 Å². The van der Waals surface area contributed by atoms with Crippen LogP contribution in [0.2, 0.25) is 0 Å². The molecule has 0 fully saturated rings. The largest absolute Gasteiger partial charge is 0.465 e. The number of hydrogen-bond acceptors (Lipinski definition) is 11. The van der Waals surface area contributed by atoms with E-state index in [-0.39, 0.29) is 56.8 Å². The lowest BCUT2D eigenvalue weighted by Crippen LogP contribution is -2.29. The molecule has 0 aromatic carbocycles. The molecule has 0 unspecified atom stereocenters. The zero-order valence-corrected chi connectivity index (χ0v) is 21.9. The van der Waals surface area contributed by atoms with Crippen molar-refractivity contribution in [3.05, 3.63) is 0 Å². The first-order chi connectivity index (χ1) is 17.4. The molecule has 0 bridgehead atoms. The first-order valence-corrected chi connectivity index (χ1v) is 12.4. The molecule has 0 spiro atoms. The second kappa shape index (κ2) is 24.4. The number of rotatable bonds is 24. The molecule has 210 valence electrons. The van der Waals surface area contributed by atoms with Gasteiger partial charge in [0.15, 0.2) is 0 Å². The number of alkyl carbamates (subject to hydrolysis) is 1. The van der Waals surface area contributed by atoms with Crippen molar-refractivity contribution in [2.75, 3.05) is 79.7 Å². The molecule has 1 atom stereocenters. The third-order valence-electron chi connectivity index (χ3n) is 4.61. The van der Waals surface area contributed by atoms with Gasteiger partial charge in [0.25, 0.3) is 0 Å². The Morgan fingerprint density at radius 1 is 0.694 bits per heavy atom. The Balaban J connectivity index is 3.67. The fraction of sp³-hybridized carbons (Fsp3) is 0.833. The lowest BCUT2D eigenvalue weighted by molar-refractivity contribution is -0.150. The number of hydrogen-bond donors (Lipinski definition) is 1. The van der Waals surface area contributed by atoms with Crippen molar-refractivity contribution < 1.29 is 52.3 Å². The summed E-state index contributed by atoms with van der Waals surface area (Å²) < 4.78 is 36.0. The van der Waals surface area contributed by atoms with E-state index in [2.05, 4.69) is 5.32 Å². The molecule has 0 rings (SSSR count). The third-order valence-corrected chi connectivity index (χ3v) is 4.61. The maximum Gasteiger partial charge on any atom is 0.407 e. The standard InChI is InChI=1S/C24H43NO11/c1-4-21(26)17-20(18-35-22(27)5-2)19-36-23(28)7-6-9-31-13-14-32-10-8-25-24(29)34-16-15-33-12-11-30-3/h20H,4-19H2,1-3H3,(H,25,29)/t20-/m1/s1. The molecule has 0 aliphatic rings. The van der Waals surface area contributed by atoms with Crippen molar-refractivity contribution in [3.63, 3.8) is 0 Å². The number of carbonyl (C=O) groups excluding carboxylic acids is 4. The van der Waals surface area contributed by atoms with Crippen LogP contribution in [-0.4, -0.2) is 104 Å². The second-order valence-electron chi connectivity index (χ2n) is 7.68. The number of ether oxygens (including phenoxy) is 7. The smallest absolute Gasteiger partial charge is 0.407 e. The molecule has 0 aromatic rings. The van der Waals surface area contributed by atoms with Crippen molar-refractivity contribution in [3.8, 4) is 0 Å². The predicted octanol–water partition coefficient (Wildman–Crippen LogP) is 1.67. The Hall–Kier alpha value is -2.28. The Morgan fingerprint density at radius 2 is 1.31 bits per heavy atom. The minimum atomic E-state index is -0.540. The minimum Gasteiger partial charge on any atom is -0.465 e. The van der Waals surface area contributed by atoms with Crippen molar-refractivity contribution in [2.24, 2.45) is 5.92 Å². The lowest BCUT2D eigenvalue weighted by Gasteiger charge is -2.16. The van der Waals surface area contributed by atoms with Crippen molar-refractivity contribution in [1.82, 2.24) is 5.32 Å². The van der Waals surface area contributed by atoms with Gasteiger partial charge in [0.05, 0.1) is 52.9 Å². The van der Waals surface area contributed by atoms with Crippen molar-refractivity contribution >= 4 is 23.8 Å². The summed E-state index contributed by atoms with van der Waals surface area (Å²) in [5.41, 5.74) is 0. The molecule has 0 aliphatic carbocycles. The Kier molecular flexibility index (Phi) is 22.9. The van der Waals surface area contributed by atoms with E-state index in [1.54, 1.807) is 21.0 Å². The number of ketones is 1. The maximum absolute atomic E-state index is 11.9. The Morgan fingerprint density at radius 3 is 1.97 bits per heavy atom. The zero-order chi connectivity index (χ0) is 26.9. The van der Waals surface area contributed by atoms with Gasteiger partial charge in [-0.25, -0.2) is 4.79 Å². The summed E-state index contributed by atoms with van der Waals surface area (Å²) in [5.74, 6) is -1.08. The second-order valence-corrected chi connectivity index (χ2v) is 7.68. The average molecular weight is 522 g/mol. The zero-order valence-electron chi connectivity index (χ0n) is 21.9. The molecule has 0 aromatic heterocycles. The van der Waals surface area contributed by atoms with Crippen LogP contribution >= 0.6 is 0 Å². The van der Waals surface area contributed by atoms with Gasteiger partial charge in [-0.15, -0.1) is 0 Å². The highest BCUT2D eigenvalue weighted by atomic mass is 16.6. The number of nitrogens with one attached hydrogen (secondary N) is 1. The summed E-state index contributed by atoms with van der Waals surface area (Å²) in [6.07, 6.45) is 0.935. The fourth-order valence-corrected chi connectivity index (χ4v) is 2.58. The molecule has 0 radical (unpaired) electrons. The summed E-state index contributed by atoms with van der Waals surface area (Å²) in [6, 6.07) is 0. The van der Waals surface area contributed by atoms with Crippen LogP contribution in [0.25, 0.3) is 0 Å². The molecule has 1 amide bonds. The third kappa shape index (κ3) is 22.2. The van der Waals surface area contributed by atoms with E-state index in [0.717, 1.165) is 0 Å². The minimum absolute atomic E-state index is 0.0226. The topological polar surface area (TPSA) is 145 Å². The first kappa shape index (κ1) is 33.7. The highest BCUT2D eigenvalue weighted by Gasteiger charge is 2.17. The van der Waals surface area contributed by atoms with Gasteiger partial charge in [0.1, 0.15) is 12.4 Å². The van der Waals surface area contributed by atoms with Gasteiger partial charge < -0.3 is 38.5 Å². The number of Topliss-reactive ketones (excluding diaryl/α,β-unsaturated/α-hetero) is 1. The lowest BCUT2D eigenvalue weighted by atomic mass is 10.0. The average Bonchev–Trinajstić information content (AvgIpc) is 2.88.